The van der Waals surface area contributed by atoms with E-state index < -0.39 is 0 Å². The topological polar surface area (TPSA) is 54.0 Å². The number of hydrogen-bond donors (Lipinski definition) is 2. The number of thiazole rings is 1. The predicted octanol–water partition coefficient (Wildman–Crippen LogP) is 5.23. The molecule has 4 nitrogen and oxygen atoms in total. The molecule has 1 aromatic heterocycles. The molecule has 0 fully saturated rings. The summed E-state index contributed by atoms with van der Waals surface area (Å²) in [5.74, 6) is -0.564. The maximum absolute atomic E-state index is 12.8. The number of nitrogens with zero attached hydrogens (tertiary/aromatic N) is 1. The van der Waals surface area contributed by atoms with E-state index in [9.17, 15) is 9.18 Å². The third-order valence-corrected chi connectivity index (χ3v) is 5.26. The molecule has 134 valence electrons. The van der Waals surface area contributed by atoms with E-state index >= 15 is 0 Å². The van der Waals surface area contributed by atoms with Gasteiger partial charge in [-0.15, -0.1) is 11.3 Å². The second-order valence-corrected chi connectivity index (χ2v) is 7.33. The first-order valence-electron chi connectivity index (χ1n) is 7.68. The highest BCUT2D eigenvalue weighted by Crippen LogP contribution is 2.29. The van der Waals surface area contributed by atoms with Crippen LogP contribution in [0.1, 0.15) is 10.4 Å². The standard InChI is InChI=1S/C18H14Cl2FN3OS/c19-15-3-1-2-11(17(15)20)8-14-9-23-18(26-14)24-16(25)10-22-13-6-4-12(21)5-7-13/h1-7,9,22H,8,10H2,(H,23,24,25). The van der Waals surface area contributed by atoms with Crippen LogP contribution in [0.4, 0.5) is 15.2 Å². The number of halogens is 3. The van der Waals surface area contributed by atoms with E-state index in [-0.39, 0.29) is 18.3 Å². The molecule has 0 unspecified atom stereocenters. The first kappa shape index (κ1) is 18.6. The highest BCUT2D eigenvalue weighted by Gasteiger charge is 2.10. The van der Waals surface area contributed by atoms with Gasteiger partial charge in [0.15, 0.2) is 5.13 Å². The summed E-state index contributed by atoms with van der Waals surface area (Å²) < 4.78 is 12.8. The van der Waals surface area contributed by atoms with Gasteiger partial charge in [-0.2, -0.15) is 0 Å². The van der Waals surface area contributed by atoms with Crippen LogP contribution in [0, 0.1) is 5.82 Å². The maximum atomic E-state index is 12.8. The third kappa shape index (κ3) is 4.94. The molecule has 0 aliphatic rings. The fourth-order valence-corrected chi connectivity index (χ4v) is 3.47. The van der Waals surface area contributed by atoms with E-state index in [1.165, 1.54) is 23.5 Å². The molecule has 0 radical (unpaired) electrons. The zero-order chi connectivity index (χ0) is 18.5. The Morgan fingerprint density at radius 2 is 1.92 bits per heavy atom. The van der Waals surface area contributed by atoms with Gasteiger partial charge in [0, 0.05) is 23.2 Å². The Balaban J connectivity index is 1.55. The molecule has 0 aliphatic heterocycles. The van der Waals surface area contributed by atoms with Crippen molar-refractivity contribution < 1.29 is 9.18 Å². The van der Waals surface area contributed by atoms with Gasteiger partial charge in [-0.3, -0.25) is 4.79 Å². The van der Waals surface area contributed by atoms with E-state index in [0.717, 1.165) is 10.4 Å². The van der Waals surface area contributed by atoms with Crippen LogP contribution < -0.4 is 10.6 Å². The second-order valence-electron chi connectivity index (χ2n) is 5.43. The van der Waals surface area contributed by atoms with Gasteiger partial charge in [0.05, 0.1) is 16.6 Å². The van der Waals surface area contributed by atoms with E-state index in [1.54, 1.807) is 24.4 Å². The van der Waals surface area contributed by atoms with Crippen LogP contribution >= 0.6 is 34.5 Å². The third-order valence-electron chi connectivity index (χ3n) is 3.49. The average molecular weight is 410 g/mol. The van der Waals surface area contributed by atoms with Gasteiger partial charge >= 0.3 is 0 Å². The molecule has 1 heterocycles. The van der Waals surface area contributed by atoms with Crippen molar-refractivity contribution >= 4 is 51.3 Å². The molecule has 3 rings (SSSR count). The molecule has 0 saturated heterocycles. The summed E-state index contributed by atoms with van der Waals surface area (Å²) in [5, 5.41) is 7.18. The Bertz CT molecular complexity index is 915. The fourth-order valence-electron chi connectivity index (χ4n) is 2.23. The molecule has 26 heavy (non-hydrogen) atoms. The lowest BCUT2D eigenvalue weighted by molar-refractivity contribution is -0.114. The SMILES string of the molecule is O=C(CNc1ccc(F)cc1)Nc1ncc(Cc2cccc(Cl)c2Cl)s1. The van der Waals surface area contributed by atoms with E-state index in [2.05, 4.69) is 15.6 Å². The smallest absolute Gasteiger partial charge is 0.245 e. The molecular formula is C18H14Cl2FN3OS. The van der Waals surface area contributed by atoms with Crippen LogP contribution in [0.2, 0.25) is 10.0 Å². The van der Waals surface area contributed by atoms with E-state index in [0.29, 0.717) is 27.3 Å². The van der Waals surface area contributed by atoms with Gasteiger partial charge in [-0.1, -0.05) is 35.3 Å². The van der Waals surface area contributed by atoms with Crippen LogP contribution in [0.3, 0.4) is 0 Å². The number of anilines is 2. The monoisotopic (exact) mass is 409 g/mol. The van der Waals surface area contributed by atoms with Crippen molar-refractivity contribution in [3.63, 3.8) is 0 Å². The Morgan fingerprint density at radius 3 is 2.69 bits per heavy atom. The number of carbonyl (C=O) groups is 1. The van der Waals surface area contributed by atoms with Gasteiger partial charge in [-0.25, -0.2) is 9.37 Å². The number of hydrogen-bond acceptors (Lipinski definition) is 4. The summed E-state index contributed by atoms with van der Waals surface area (Å²) in [4.78, 5) is 17.2. The molecule has 0 bridgehead atoms. The molecule has 1 amide bonds. The summed E-state index contributed by atoms with van der Waals surface area (Å²) in [6, 6.07) is 11.3. The molecule has 2 N–H and O–H groups in total. The van der Waals surface area contributed by atoms with Crippen LogP contribution in [-0.2, 0) is 11.2 Å². The predicted molar refractivity (Wildman–Crippen MR) is 105 cm³/mol. The number of carbonyl (C=O) groups excluding carboxylic acids is 1. The lowest BCUT2D eigenvalue weighted by Crippen LogP contribution is -2.21. The highest BCUT2D eigenvalue weighted by atomic mass is 35.5. The zero-order valence-corrected chi connectivity index (χ0v) is 15.8. The van der Waals surface area contributed by atoms with Crippen LogP contribution in [-0.4, -0.2) is 17.4 Å². The van der Waals surface area contributed by atoms with Crippen molar-refractivity contribution in [1.29, 1.82) is 0 Å². The molecular weight excluding hydrogens is 396 g/mol. The minimum absolute atomic E-state index is 0.0562. The van der Waals surface area contributed by atoms with Crippen molar-refractivity contribution in [3.8, 4) is 0 Å². The largest absolute Gasteiger partial charge is 0.376 e. The lowest BCUT2D eigenvalue weighted by Gasteiger charge is -2.06. The van der Waals surface area contributed by atoms with Crippen molar-refractivity contribution in [1.82, 2.24) is 4.98 Å². The van der Waals surface area contributed by atoms with Gasteiger partial charge in [-0.05, 0) is 35.9 Å². The van der Waals surface area contributed by atoms with Crippen molar-refractivity contribution in [2.75, 3.05) is 17.2 Å². The Kier molecular flexibility index (Phi) is 6.08. The number of rotatable bonds is 6. The van der Waals surface area contributed by atoms with E-state index in [4.69, 9.17) is 23.2 Å². The fraction of sp³-hybridized carbons (Fsp3) is 0.111. The Morgan fingerprint density at radius 1 is 1.15 bits per heavy atom. The molecule has 0 atom stereocenters. The first-order chi connectivity index (χ1) is 12.5. The molecule has 3 aromatic rings. The van der Waals surface area contributed by atoms with Crippen LogP contribution in [0.5, 0.6) is 0 Å². The summed E-state index contributed by atoms with van der Waals surface area (Å²) in [7, 11) is 0. The zero-order valence-electron chi connectivity index (χ0n) is 13.4. The number of amides is 1. The molecule has 0 spiro atoms. The number of aromatic nitrogens is 1. The average Bonchev–Trinajstić information content (AvgIpc) is 3.05. The molecule has 2 aromatic carbocycles. The minimum Gasteiger partial charge on any atom is -0.376 e. The highest BCUT2D eigenvalue weighted by molar-refractivity contribution is 7.15. The molecule has 8 heteroatoms. The summed E-state index contributed by atoms with van der Waals surface area (Å²) in [5.41, 5.74) is 1.57. The summed E-state index contributed by atoms with van der Waals surface area (Å²) in [6.45, 7) is 0.0562. The summed E-state index contributed by atoms with van der Waals surface area (Å²) >= 11 is 13.6. The van der Waals surface area contributed by atoms with Gasteiger partial charge in [0.1, 0.15) is 5.82 Å². The van der Waals surface area contributed by atoms with Crippen LogP contribution in [0.25, 0.3) is 0 Å². The van der Waals surface area contributed by atoms with Crippen molar-refractivity contribution in [3.05, 3.63) is 75.0 Å². The number of nitrogens with one attached hydrogen (secondary N) is 2. The van der Waals surface area contributed by atoms with E-state index in [1.807, 2.05) is 12.1 Å². The first-order valence-corrected chi connectivity index (χ1v) is 9.25. The van der Waals surface area contributed by atoms with Gasteiger partial charge in [0.2, 0.25) is 5.91 Å². The summed E-state index contributed by atoms with van der Waals surface area (Å²) in [6.07, 6.45) is 2.28. The minimum atomic E-state index is -0.324. The van der Waals surface area contributed by atoms with Crippen molar-refractivity contribution in [2.24, 2.45) is 0 Å². The normalized spacial score (nSPS) is 10.6. The molecule has 0 saturated carbocycles. The van der Waals surface area contributed by atoms with Gasteiger partial charge < -0.3 is 10.6 Å². The second kappa shape index (κ2) is 8.49. The van der Waals surface area contributed by atoms with Crippen molar-refractivity contribution in [2.45, 2.75) is 6.42 Å². The van der Waals surface area contributed by atoms with Gasteiger partial charge in [0.25, 0.3) is 0 Å². The Labute approximate surface area is 164 Å². The lowest BCUT2D eigenvalue weighted by atomic mass is 10.1. The maximum Gasteiger partial charge on any atom is 0.245 e. The Hall–Kier alpha value is -2.15. The number of benzene rings is 2. The quantitative estimate of drug-likeness (QED) is 0.585. The van der Waals surface area contributed by atoms with Crippen LogP contribution in [0.15, 0.2) is 48.7 Å². The molecule has 0 aliphatic carbocycles.